The summed E-state index contributed by atoms with van der Waals surface area (Å²) in [4.78, 5) is 0. The van der Waals surface area contributed by atoms with Crippen LogP contribution in [-0.4, -0.2) is 40.8 Å². The summed E-state index contributed by atoms with van der Waals surface area (Å²) in [6.07, 6.45) is 8.60. The zero-order chi connectivity index (χ0) is 23.1. The summed E-state index contributed by atoms with van der Waals surface area (Å²) in [5, 5.41) is 11.0. The van der Waals surface area contributed by atoms with Crippen molar-refractivity contribution in [2.75, 3.05) is 22.9 Å². The van der Waals surface area contributed by atoms with Gasteiger partial charge in [0.05, 0.1) is 18.0 Å². The minimum atomic E-state index is -3.61. The van der Waals surface area contributed by atoms with Crippen molar-refractivity contribution in [1.82, 2.24) is 0 Å². The molecule has 1 aliphatic carbocycles. The number of rotatable bonds is 14. The van der Waals surface area contributed by atoms with Crippen molar-refractivity contribution in [2.45, 2.75) is 77.2 Å². The number of hydrogen-bond acceptors (Lipinski definition) is 4. The van der Waals surface area contributed by atoms with Crippen molar-refractivity contribution in [3.05, 3.63) is 29.6 Å². The van der Waals surface area contributed by atoms with E-state index in [1.807, 2.05) is 0 Å². The first-order valence-corrected chi connectivity index (χ1v) is 14.3. The lowest BCUT2D eigenvalue weighted by molar-refractivity contribution is -0.0441. The molecule has 6 nitrogen and oxygen atoms in total. The smallest absolute Gasteiger partial charge is 0.232 e. The number of unbranched alkanes of at least 4 members (excludes halogenated alkanes) is 4. The highest BCUT2D eigenvalue weighted by Crippen LogP contribution is 2.53. The molecule has 1 aromatic carbocycles. The molecule has 0 amide bonds. The van der Waals surface area contributed by atoms with Crippen LogP contribution in [0.25, 0.3) is 0 Å². The summed E-state index contributed by atoms with van der Waals surface area (Å²) >= 11 is -1.77. The van der Waals surface area contributed by atoms with Gasteiger partial charge in [-0.1, -0.05) is 39.0 Å². The fraction of sp³-hybridized carbons (Fsp3) is 0.727. The maximum Gasteiger partial charge on any atom is 0.232 e. The highest BCUT2D eigenvalue weighted by molar-refractivity contribution is 7.92. The Hall–Kier alpha value is -1.03. The first kappa shape index (κ1) is 26.2. The SMILES string of the molecule is CCCC1(C(O)c2cc(F)cc(N(CCCCCCCS(=O)O)S(C)(=O)=O)c2)CCC1. The molecular weight excluding hydrogens is 441 g/mol. The second-order valence-corrected chi connectivity index (χ2v) is 11.7. The third kappa shape index (κ3) is 7.51. The lowest BCUT2D eigenvalue weighted by Crippen LogP contribution is -2.36. The van der Waals surface area contributed by atoms with E-state index < -0.39 is 33.0 Å². The molecule has 0 heterocycles. The lowest BCUT2D eigenvalue weighted by atomic mass is 9.61. The molecule has 2 unspecified atom stereocenters. The van der Waals surface area contributed by atoms with E-state index in [-0.39, 0.29) is 23.4 Å². The standard InChI is InChI=1S/C22H36FNO5S2/c1-3-10-22(11-9-12-22)21(25)18-15-19(23)17-20(16-18)24(31(2,28)29)13-7-5-4-6-8-14-30(26)27/h15-17,21,25H,3-14H2,1-2H3,(H,26,27). The third-order valence-electron chi connectivity index (χ3n) is 6.27. The predicted octanol–water partition coefficient (Wildman–Crippen LogP) is 4.77. The molecule has 178 valence electrons. The zero-order valence-corrected chi connectivity index (χ0v) is 20.2. The van der Waals surface area contributed by atoms with Gasteiger partial charge in [-0.2, -0.15) is 0 Å². The summed E-state index contributed by atoms with van der Waals surface area (Å²) in [6.45, 7) is 2.29. The van der Waals surface area contributed by atoms with Crippen LogP contribution in [0.1, 0.15) is 82.8 Å². The minimum Gasteiger partial charge on any atom is -0.388 e. The monoisotopic (exact) mass is 477 g/mol. The van der Waals surface area contributed by atoms with Crippen LogP contribution in [0.3, 0.4) is 0 Å². The summed E-state index contributed by atoms with van der Waals surface area (Å²) in [5.74, 6) is -0.299. The van der Waals surface area contributed by atoms with Gasteiger partial charge in [-0.3, -0.25) is 4.31 Å². The van der Waals surface area contributed by atoms with Gasteiger partial charge in [0.15, 0.2) is 11.1 Å². The summed E-state index contributed by atoms with van der Waals surface area (Å²) in [7, 11) is -3.61. The molecule has 2 atom stereocenters. The van der Waals surface area contributed by atoms with Gasteiger partial charge in [-0.15, -0.1) is 0 Å². The Kier molecular flexibility index (Phi) is 9.92. The topological polar surface area (TPSA) is 94.9 Å². The molecule has 0 spiro atoms. The van der Waals surface area contributed by atoms with E-state index in [1.165, 1.54) is 16.4 Å². The summed E-state index contributed by atoms with van der Waals surface area (Å²) in [6, 6.07) is 4.14. The molecule has 0 saturated heterocycles. The van der Waals surface area contributed by atoms with Crippen LogP contribution in [0.4, 0.5) is 10.1 Å². The van der Waals surface area contributed by atoms with Crippen LogP contribution in [0.5, 0.6) is 0 Å². The number of anilines is 1. The zero-order valence-electron chi connectivity index (χ0n) is 18.6. The molecule has 0 aromatic heterocycles. The highest BCUT2D eigenvalue weighted by Gasteiger charge is 2.43. The summed E-state index contributed by atoms with van der Waals surface area (Å²) < 4.78 is 59.9. The van der Waals surface area contributed by atoms with Crippen LogP contribution in [-0.2, 0) is 21.1 Å². The van der Waals surface area contributed by atoms with Gasteiger partial charge in [0.25, 0.3) is 0 Å². The maximum absolute atomic E-state index is 14.4. The van der Waals surface area contributed by atoms with Gasteiger partial charge in [0.1, 0.15) is 5.82 Å². The Bertz CT molecular complexity index is 842. The molecule has 1 aromatic rings. The van der Waals surface area contributed by atoms with Crippen molar-refractivity contribution in [2.24, 2.45) is 5.41 Å². The summed E-state index contributed by atoms with van der Waals surface area (Å²) in [5.41, 5.74) is 0.445. The van der Waals surface area contributed by atoms with Crippen LogP contribution in [0, 0.1) is 11.2 Å². The molecule has 2 rings (SSSR count). The van der Waals surface area contributed by atoms with E-state index in [2.05, 4.69) is 6.92 Å². The van der Waals surface area contributed by atoms with E-state index in [0.29, 0.717) is 18.4 Å². The van der Waals surface area contributed by atoms with Crippen LogP contribution < -0.4 is 4.31 Å². The minimum absolute atomic E-state index is 0.226. The second-order valence-electron chi connectivity index (χ2n) is 8.74. The molecule has 2 N–H and O–H groups in total. The highest BCUT2D eigenvalue weighted by atomic mass is 32.2. The van der Waals surface area contributed by atoms with Gasteiger partial charge in [0, 0.05) is 17.7 Å². The van der Waals surface area contributed by atoms with E-state index in [0.717, 1.165) is 57.6 Å². The van der Waals surface area contributed by atoms with Crippen molar-refractivity contribution >= 4 is 26.8 Å². The Morgan fingerprint density at radius 2 is 1.81 bits per heavy atom. The largest absolute Gasteiger partial charge is 0.388 e. The molecule has 1 fully saturated rings. The van der Waals surface area contributed by atoms with Gasteiger partial charge in [0.2, 0.25) is 10.0 Å². The average molecular weight is 478 g/mol. The van der Waals surface area contributed by atoms with Gasteiger partial charge >= 0.3 is 0 Å². The molecule has 0 aliphatic heterocycles. The molecule has 1 saturated carbocycles. The first-order chi connectivity index (χ1) is 14.6. The normalized spacial score (nSPS) is 17.7. The van der Waals surface area contributed by atoms with Crippen molar-refractivity contribution in [1.29, 1.82) is 0 Å². The fourth-order valence-electron chi connectivity index (χ4n) is 4.54. The number of benzene rings is 1. The van der Waals surface area contributed by atoms with E-state index in [4.69, 9.17) is 4.55 Å². The first-order valence-electron chi connectivity index (χ1n) is 11.1. The van der Waals surface area contributed by atoms with Crippen molar-refractivity contribution < 1.29 is 26.7 Å². The van der Waals surface area contributed by atoms with Crippen LogP contribution >= 0.6 is 0 Å². The molecular formula is C22H36FNO5S2. The Morgan fingerprint density at radius 1 is 1.16 bits per heavy atom. The number of aliphatic hydroxyl groups excluding tert-OH is 1. The Morgan fingerprint density at radius 3 is 2.35 bits per heavy atom. The molecule has 0 radical (unpaired) electrons. The number of hydrogen-bond donors (Lipinski definition) is 2. The third-order valence-corrected chi connectivity index (χ3v) is 8.10. The van der Waals surface area contributed by atoms with Gasteiger partial charge in [-0.25, -0.2) is 17.0 Å². The fourth-order valence-corrected chi connectivity index (χ4v) is 5.94. The van der Waals surface area contributed by atoms with E-state index in [9.17, 15) is 22.1 Å². The number of nitrogens with zero attached hydrogens (tertiary/aromatic N) is 1. The average Bonchev–Trinajstić information content (AvgIpc) is 2.64. The Labute approximate surface area is 188 Å². The van der Waals surface area contributed by atoms with Gasteiger partial charge < -0.3 is 9.66 Å². The van der Waals surface area contributed by atoms with Crippen LogP contribution in [0.2, 0.25) is 0 Å². The lowest BCUT2D eigenvalue weighted by Gasteiger charge is -2.46. The molecule has 0 bridgehead atoms. The number of halogens is 1. The molecule has 1 aliphatic rings. The van der Waals surface area contributed by atoms with Crippen LogP contribution in [0.15, 0.2) is 18.2 Å². The van der Waals surface area contributed by atoms with E-state index in [1.54, 1.807) is 6.07 Å². The molecule has 9 heteroatoms. The van der Waals surface area contributed by atoms with Crippen molar-refractivity contribution in [3.63, 3.8) is 0 Å². The maximum atomic E-state index is 14.4. The quantitative estimate of drug-likeness (QED) is 0.297. The van der Waals surface area contributed by atoms with E-state index >= 15 is 0 Å². The predicted molar refractivity (Wildman–Crippen MR) is 123 cm³/mol. The Balaban J connectivity index is 2.10. The second kappa shape index (κ2) is 11.7. The number of sulfonamides is 1. The van der Waals surface area contributed by atoms with Gasteiger partial charge in [-0.05, 0) is 55.9 Å². The van der Waals surface area contributed by atoms with Crippen molar-refractivity contribution in [3.8, 4) is 0 Å². The number of aliphatic hydroxyl groups is 1. The molecule has 31 heavy (non-hydrogen) atoms.